The molecule has 0 aliphatic rings. The normalized spacial score (nSPS) is 9.70. The lowest BCUT2D eigenvalue weighted by molar-refractivity contribution is -0.107. The van der Waals surface area contributed by atoms with Gasteiger partial charge in [-0.1, -0.05) is 0 Å². The quantitative estimate of drug-likeness (QED) is 0.298. The van der Waals surface area contributed by atoms with E-state index in [0.717, 1.165) is 19.4 Å². The van der Waals surface area contributed by atoms with Gasteiger partial charge in [-0.2, -0.15) is 0 Å². The van der Waals surface area contributed by atoms with E-state index in [1.807, 2.05) is 0 Å². The van der Waals surface area contributed by atoms with Crippen LogP contribution in [0, 0.1) is 0 Å². The van der Waals surface area contributed by atoms with Crippen molar-refractivity contribution in [2.75, 3.05) is 32.8 Å². The van der Waals surface area contributed by atoms with Crippen molar-refractivity contribution in [2.24, 2.45) is 0 Å². The minimum absolute atomic E-state index is 0.160. The van der Waals surface area contributed by atoms with E-state index in [9.17, 15) is 4.79 Å². The molecule has 0 aliphatic carbocycles. The minimum atomic E-state index is 0.160. The number of nitrogens with one attached hydrogen (secondary N) is 2. The first-order chi connectivity index (χ1) is 4.91. The van der Waals surface area contributed by atoms with Crippen molar-refractivity contribution in [3.8, 4) is 0 Å². The van der Waals surface area contributed by atoms with Crippen LogP contribution in [0.15, 0.2) is 0 Å². The van der Waals surface area contributed by atoms with E-state index in [2.05, 4.69) is 10.6 Å². The monoisotopic (exact) mass is 146 g/mol. The second-order valence-corrected chi connectivity index (χ2v) is 1.84. The summed E-state index contributed by atoms with van der Waals surface area (Å²) < 4.78 is 0. The second kappa shape index (κ2) is 8.55. The Bertz CT molecular complexity index is 78.1. The van der Waals surface area contributed by atoms with Crippen LogP contribution in [0.3, 0.4) is 0 Å². The highest BCUT2D eigenvalue weighted by Crippen LogP contribution is 1.57. The Morgan fingerprint density at radius 1 is 1.20 bits per heavy atom. The van der Waals surface area contributed by atoms with Crippen LogP contribution in [0.5, 0.6) is 0 Å². The van der Waals surface area contributed by atoms with Gasteiger partial charge in [0.15, 0.2) is 0 Å². The summed E-state index contributed by atoms with van der Waals surface area (Å²) in [5.74, 6) is 0. The van der Waals surface area contributed by atoms with Gasteiger partial charge in [0.2, 0.25) is 0 Å². The molecule has 0 bridgehead atoms. The number of aliphatic hydroxyl groups excluding tert-OH is 1. The predicted octanol–water partition coefficient (Wildman–Crippen LogP) is -1.64. The van der Waals surface area contributed by atoms with Crippen molar-refractivity contribution in [2.45, 2.75) is 0 Å². The van der Waals surface area contributed by atoms with Crippen molar-refractivity contribution < 1.29 is 9.90 Å². The average Bonchev–Trinajstić information content (AvgIpc) is 1.97. The van der Waals surface area contributed by atoms with Crippen LogP contribution in [0.25, 0.3) is 0 Å². The van der Waals surface area contributed by atoms with Crippen molar-refractivity contribution in [1.82, 2.24) is 10.6 Å². The molecule has 0 aromatic heterocycles. The molecule has 0 atom stereocenters. The maximum atomic E-state index is 9.77. The molecule has 0 aromatic rings. The zero-order valence-corrected chi connectivity index (χ0v) is 5.97. The third-order valence-electron chi connectivity index (χ3n) is 0.995. The lowest BCUT2D eigenvalue weighted by atomic mass is 10.5. The first-order valence-corrected chi connectivity index (χ1v) is 3.37. The van der Waals surface area contributed by atoms with Crippen LogP contribution in [0.2, 0.25) is 0 Å². The van der Waals surface area contributed by atoms with E-state index in [0.29, 0.717) is 13.1 Å². The highest BCUT2D eigenvalue weighted by Gasteiger charge is 1.84. The van der Waals surface area contributed by atoms with Gasteiger partial charge in [0.05, 0.1) is 13.2 Å². The first-order valence-electron chi connectivity index (χ1n) is 3.37. The Morgan fingerprint density at radius 2 is 1.90 bits per heavy atom. The average molecular weight is 146 g/mol. The fourth-order valence-corrected chi connectivity index (χ4v) is 0.542. The van der Waals surface area contributed by atoms with Gasteiger partial charge >= 0.3 is 0 Å². The maximum absolute atomic E-state index is 9.77. The van der Waals surface area contributed by atoms with E-state index in [1.54, 1.807) is 0 Å². The molecule has 4 heteroatoms. The molecule has 3 N–H and O–H groups in total. The molecule has 0 aromatic carbocycles. The van der Waals surface area contributed by atoms with E-state index in [4.69, 9.17) is 5.11 Å². The van der Waals surface area contributed by atoms with Crippen LogP contribution in [0.4, 0.5) is 0 Å². The summed E-state index contributed by atoms with van der Waals surface area (Å²) in [6, 6.07) is 0. The van der Waals surface area contributed by atoms with Crippen molar-refractivity contribution in [1.29, 1.82) is 0 Å². The molecule has 0 heterocycles. The van der Waals surface area contributed by atoms with Crippen LogP contribution in [-0.4, -0.2) is 44.2 Å². The highest BCUT2D eigenvalue weighted by atomic mass is 16.3. The smallest absolute Gasteiger partial charge is 0.133 e. The van der Waals surface area contributed by atoms with Crippen molar-refractivity contribution >= 4 is 6.29 Å². The number of aldehydes is 1. The lowest BCUT2D eigenvalue weighted by Gasteiger charge is -2.01. The van der Waals surface area contributed by atoms with Crippen molar-refractivity contribution in [3.63, 3.8) is 0 Å². The molecular weight excluding hydrogens is 132 g/mol. The Kier molecular flexibility index (Phi) is 8.17. The van der Waals surface area contributed by atoms with Crippen LogP contribution < -0.4 is 10.6 Å². The largest absolute Gasteiger partial charge is 0.395 e. The van der Waals surface area contributed by atoms with E-state index >= 15 is 0 Å². The number of carbonyl (C=O) groups is 1. The van der Waals surface area contributed by atoms with Gasteiger partial charge in [-0.3, -0.25) is 0 Å². The molecular formula is C6H14N2O2. The zero-order valence-electron chi connectivity index (χ0n) is 5.97. The summed E-state index contributed by atoms with van der Waals surface area (Å²) in [7, 11) is 0. The molecule has 0 rings (SSSR count). The summed E-state index contributed by atoms with van der Waals surface area (Å²) >= 11 is 0. The number of hydrogen-bond acceptors (Lipinski definition) is 4. The lowest BCUT2D eigenvalue weighted by Crippen LogP contribution is -2.29. The van der Waals surface area contributed by atoms with E-state index in [-0.39, 0.29) is 6.61 Å². The Labute approximate surface area is 60.6 Å². The van der Waals surface area contributed by atoms with Crippen LogP contribution >= 0.6 is 0 Å². The number of aliphatic hydroxyl groups is 1. The summed E-state index contributed by atoms with van der Waals surface area (Å²) in [5, 5.41) is 14.2. The highest BCUT2D eigenvalue weighted by molar-refractivity contribution is 5.51. The SMILES string of the molecule is O=CCNCCNCCO. The molecule has 10 heavy (non-hydrogen) atoms. The van der Waals surface area contributed by atoms with Gasteiger partial charge in [0.25, 0.3) is 0 Å². The van der Waals surface area contributed by atoms with Gasteiger partial charge in [-0.25, -0.2) is 0 Å². The standard InChI is InChI=1S/C6H14N2O2/c9-5-3-7-1-2-8-4-6-10/h5,7-8,10H,1-4,6H2. The summed E-state index contributed by atoms with van der Waals surface area (Å²) in [4.78, 5) is 9.77. The van der Waals surface area contributed by atoms with Crippen molar-refractivity contribution in [3.05, 3.63) is 0 Å². The fraction of sp³-hybridized carbons (Fsp3) is 0.833. The van der Waals surface area contributed by atoms with Gasteiger partial charge in [-0.05, 0) is 0 Å². The number of rotatable bonds is 7. The Balaban J connectivity index is 2.70. The van der Waals surface area contributed by atoms with Gasteiger partial charge < -0.3 is 20.5 Å². The molecule has 4 nitrogen and oxygen atoms in total. The molecule has 0 saturated carbocycles. The molecule has 0 aliphatic heterocycles. The summed E-state index contributed by atoms with van der Waals surface area (Å²) in [6.45, 7) is 2.73. The molecule has 0 amide bonds. The Hall–Kier alpha value is -0.450. The van der Waals surface area contributed by atoms with E-state index < -0.39 is 0 Å². The zero-order chi connectivity index (χ0) is 7.66. The second-order valence-electron chi connectivity index (χ2n) is 1.84. The van der Waals surface area contributed by atoms with Crippen LogP contribution in [0.1, 0.15) is 0 Å². The van der Waals surface area contributed by atoms with Crippen LogP contribution in [-0.2, 0) is 4.79 Å². The maximum Gasteiger partial charge on any atom is 0.133 e. The number of hydrogen-bond donors (Lipinski definition) is 3. The number of carbonyl (C=O) groups excluding carboxylic acids is 1. The van der Waals surface area contributed by atoms with Gasteiger partial charge in [-0.15, -0.1) is 0 Å². The molecule has 0 saturated heterocycles. The third kappa shape index (κ3) is 7.55. The molecule has 0 spiro atoms. The molecule has 0 radical (unpaired) electrons. The van der Waals surface area contributed by atoms with E-state index in [1.165, 1.54) is 0 Å². The fourth-order valence-electron chi connectivity index (χ4n) is 0.542. The summed E-state index contributed by atoms with van der Waals surface area (Å²) in [6.07, 6.45) is 0.825. The minimum Gasteiger partial charge on any atom is -0.395 e. The molecule has 0 fully saturated rings. The third-order valence-corrected chi connectivity index (χ3v) is 0.995. The first kappa shape index (κ1) is 9.55. The predicted molar refractivity (Wildman–Crippen MR) is 38.9 cm³/mol. The summed E-state index contributed by atoms with van der Waals surface area (Å²) in [5.41, 5.74) is 0. The molecule has 0 unspecified atom stereocenters. The van der Waals surface area contributed by atoms with Gasteiger partial charge in [0, 0.05) is 19.6 Å². The van der Waals surface area contributed by atoms with Gasteiger partial charge in [0.1, 0.15) is 6.29 Å². The molecule has 60 valence electrons. The Morgan fingerprint density at radius 3 is 2.50 bits per heavy atom. The topological polar surface area (TPSA) is 61.4 Å².